The van der Waals surface area contributed by atoms with Crippen molar-refractivity contribution in [2.75, 3.05) is 0 Å². The highest BCUT2D eigenvalue weighted by Crippen LogP contribution is 2.11. The zero-order valence-corrected chi connectivity index (χ0v) is 7.65. The van der Waals surface area contributed by atoms with E-state index in [2.05, 4.69) is 20.9 Å². The highest BCUT2D eigenvalue weighted by Gasteiger charge is 1.98. The molecule has 12 heavy (non-hydrogen) atoms. The molecule has 0 radical (unpaired) electrons. The first-order chi connectivity index (χ1) is 5.79. The van der Waals surface area contributed by atoms with E-state index < -0.39 is 0 Å². The monoisotopic (exact) mass is 224 g/mol. The van der Waals surface area contributed by atoms with Crippen LogP contribution in [0.2, 0.25) is 0 Å². The third-order valence-electron chi connectivity index (χ3n) is 1.55. The minimum atomic E-state index is 0.452. The van der Waals surface area contributed by atoms with Gasteiger partial charge in [0.15, 0.2) is 6.29 Å². The van der Waals surface area contributed by atoms with Crippen LogP contribution in [0, 0.1) is 0 Å². The maximum Gasteiger partial charge on any atom is 0.170 e. The quantitative estimate of drug-likeness (QED) is 0.694. The number of pyridine rings is 1. The van der Waals surface area contributed by atoms with Crippen molar-refractivity contribution in [3.8, 4) is 0 Å². The topological polar surface area (TPSA) is 34.4 Å². The molecule has 2 heterocycles. The Morgan fingerprint density at radius 3 is 3.00 bits per heavy atom. The lowest BCUT2D eigenvalue weighted by molar-refractivity contribution is 0.111. The number of hydrogen-bond donors (Lipinski definition) is 0. The first-order valence-corrected chi connectivity index (χ1v) is 4.18. The Kier molecular flexibility index (Phi) is 1.69. The lowest BCUT2D eigenvalue weighted by atomic mass is 10.5. The van der Waals surface area contributed by atoms with E-state index in [1.165, 1.54) is 0 Å². The Balaban J connectivity index is 2.75. The van der Waals surface area contributed by atoms with Crippen molar-refractivity contribution < 1.29 is 4.79 Å². The van der Waals surface area contributed by atoms with Crippen LogP contribution < -0.4 is 0 Å². The number of carbonyl (C=O) groups excluding carboxylic acids is 1. The van der Waals surface area contributed by atoms with E-state index in [0.717, 1.165) is 16.4 Å². The van der Waals surface area contributed by atoms with E-state index >= 15 is 0 Å². The summed E-state index contributed by atoms with van der Waals surface area (Å²) in [4.78, 5) is 14.4. The van der Waals surface area contributed by atoms with Crippen LogP contribution in [0.3, 0.4) is 0 Å². The fraction of sp³-hybridized carbons (Fsp3) is 0. The van der Waals surface area contributed by atoms with Gasteiger partial charge in [0.2, 0.25) is 0 Å². The fourth-order valence-corrected chi connectivity index (χ4v) is 1.39. The zero-order valence-electron chi connectivity index (χ0n) is 6.07. The molecular formula is C8H5BrN2O. The Morgan fingerprint density at radius 2 is 2.25 bits per heavy atom. The van der Waals surface area contributed by atoms with E-state index in [9.17, 15) is 4.79 Å². The summed E-state index contributed by atoms with van der Waals surface area (Å²) in [5, 5.41) is 0. The molecule has 0 spiro atoms. The minimum Gasteiger partial charge on any atom is -0.305 e. The second-order valence-electron chi connectivity index (χ2n) is 2.40. The predicted octanol–water partition coefficient (Wildman–Crippen LogP) is 1.91. The maximum absolute atomic E-state index is 10.4. The van der Waals surface area contributed by atoms with Gasteiger partial charge in [-0.25, -0.2) is 4.98 Å². The molecule has 60 valence electrons. The molecule has 0 aliphatic carbocycles. The number of nitrogens with zero attached hydrogens (tertiary/aromatic N) is 2. The van der Waals surface area contributed by atoms with Crippen LogP contribution in [0.25, 0.3) is 5.65 Å². The van der Waals surface area contributed by atoms with Crippen LogP contribution >= 0.6 is 15.9 Å². The van der Waals surface area contributed by atoms with Crippen LogP contribution in [0.5, 0.6) is 0 Å². The van der Waals surface area contributed by atoms with Crippen molar-refractivity contribution >= 4 is 27.9 Å². The molecule has 0 atom stereocenters. The highest BCUT2D eigenvalue weighted by atomic mass is 79.9. The molecular weight excluding hydrogens is 220 g/mol. The number of rotatable bonds is 1. The standard InChI is InChI=1S/C8H5BrN2O/c9-6-1-2-8-10-7(5-12)4-11(8)3-6/h1-5H. The van der Waals surface area contributed by atoms with Gasteiger partial charge in [0.25, 0.3) is 0 Å². The summed E-state index contributed by atoms with van der Waals surface area (Å²) < 4.78 is 2.76. The number of halogens is 1. The van der Waals surface area contributed by atoms with Gasteiger partial charge in [-0.15, -0.1) is 0 Å². The molecule has 0 aliphatic heterocycles. The van der Waals surface area contributed by atoms with Gasteiger partial charge >= 0.3 is 0 Å². The van der Waals surface area contributed by atoms with Crippen molar-refractivity contribution in [1.29, 1.82) is 0 Å². The van der Waals surface area contributed by atoms with Crippen LogP contribution in [-0.2, 0) is 0 Å². The normalized spacial score (nSPS) is 10.4. The van der Waals surface area contributed by atoms with Crippen LogP contribution in [0.15, 0.2) is 29.0 Å². The van der Waals surface area contributed by atoms with Gasteiger partial charge in [-0.1, -0.05) is 0 Å². The number of imidazole rings is 1. The van der Waals surface area contributed by atoms with E-state index in [4.69, 9.17) is 0 Å². The Bertz CT molecular complexity index is 436. The van der Waals surface area contributed by atoms with E-state index in [0.29, 0.717) is 5.69 Å². The first-order valence-electron chi connectivity index (χ1n) is 3.39. The highest BCUT2D eigenvalue weighted by molar-refractivity contribution is 9.10. The van der Waals surface area contributed by atoms with Gasteiger partial charge in [0.05, 0.1) is 0 Å². The molecule has 0 unspecified atom stereocenters. The van der Waals surface area contributed by atoms with Crippen molar-refractivity contribution in [3.63, 3.8) is 0 Å². The first kappa shape index (κ1) is 7.49. The molecule has 0 amide bonds. The predicted molar refractivity (Wildman–Crippen MR) is 48.3 cm³/mol. The Hall–Kier alpha value is -1.16. The molecule has 0 aromatic carbocycles. The summed E-state index contributed by atoms with van der Waals surface area (Å²) in [6.45, 7) is 0. The van der Waals surface area contributed by atoms with Crippen LogP contribution in [0.4, 0.5) is 0 Å². The third-order valence-corrected chi connectivity index (χ3v) is 2.02. The average Bonchev–Trinajstić information content (AvgIpc) is 2.46. The third kappa shape index (κ3) is 1.14. The molecule has 0 bridgehead atoms. The molecule has 0 N–H and O–H groups in total. The van der Waals surface area contributed by atoms with Crippen molar-refractivity contribution in [2.45, 2.75) is 0 Å². The Morgan fingerprint density at radius 1 is 1.42 bits per heavy atom. The zero-order chi connectivity index (χ0) is 8.55. The molecule has 0 aliphatic rings. The summed E-state index contributed by atoms with van der Waals surface area (Å²) in [6.07, 6.45) is 4.28. The van der Waals surface area contributed by atoms with Crippen molar-refractivity contribution in [3.05, 3.63) is 34.7 Å². The van der Waals surface area contributed by atoms with E-state index in [1.807, 2.05) is 18.3 Å². The van der Waals surface area contributed by atoms with E-state index in [-0.39, 0.29) is 0 Å². The summed E-state index contributed by atoms with van der Waals surface area (Å²) >= 11 is 3.33. The van der Waals surface area contributed by atoms with Gasteiger partial charge in [-0.3, -0.25) is 4.79 Å². The number of fused-ring (bicyclic) bond motifs is 1. The molecule has 2 aromatic rings. The second kappa shape index (κ2) is 2.71. The lowest BCUT2D eigenvalue weighted by Crippen LogP contribution is -1.80. The minimum absolute atomic E-state index is 0.452. The lowest BCUT2D eigenvalue weighted by Gasteiger charge is -1.91. The molecule has 2 aromatic heterocycles. The number of aromatic nitrogens is 2. The maximum atomic E-state index is 10.4. The molecule has 2 rings (SSSR count). The summed E-state index contributed by atoms with van der Waals surface area (Å²) in [5.41, 5.74) is 1.23. The fourth-order valence-electron chi connectivity index (χ4n) is 1.04. The summed E-state index contributed by atoms with van der Waals surface area (Å²) in [5.74, 6) is 0. The van der Waals surface area contributed by atoms with E-state index in [1.54, 1.807) is 10.6 Å². The van der Waals surface area contributed by atoms with Gasteiger partial charge in [-0.05, 0) is 28.1 Å². The second-order valence-corrected chi connectivity index (χ2v) is 3.31. The largest absolute Gasteiger partial charge is 0.305 e. The molecule has 3 nitrogen and oxygen atoms in total. The molecule has 0 saturated heterocycles. The van der Waals surface area contributed by atoms with Gasteiger partial charge in [0.1, 0.15) is 11.3 Å². The Labute approximate surface area is 77.2 Å². The van der Waals surface area contributed by atoms with Gasteiger partial charge < -0.3 is 4.40 Å². The molecule has 4 heteroatoms. The number of aldehydes is 1. The smallest absolute Gasteiger partial charge is 0.170 e. The van der Waals surface area contributed by atoms with Gasteiger partial charge in [-0.2, -0.15) is 0 Å². The SMILES string of the molecule is O=Cc1cn2cc(Br)ccc2n1. The molecule has 0 saturated carbocycles. The van der Waals surface area contributed by atoms with Gasteiger partial charge in [0, 0.05) is 16.9 Å². The van der Waals surface area contributed by atoms with Crippen molar-refractivity contribution in [2.24, 2.45) is 0 Å². The number of hydrogen-bond acceptors (Lipinski definition) is 2. The summed E-state index contributed by atoms with van der Waals surface area (Å²) in [7, 11) is 0. The summed E-state index contributed by atoms with van der Waals surface area (Å²) in [6, 6.07) is 3.73. The van der Waals surface area contributed by atoms with Crippen LogP contribution in [-0.4, -0.2) is 15.7 Å². The molecule has 0 fully saturated rings. The van der Waals surface area contributed by atoms with Crippen molar-refractivity contribution in [1.82, 2.24) is 9.38 Å². The van der Waals surface area contributed by atoms with Crippen LogP contribution in [0.1, 0.15) is 10.5 Å². The number of carbonyl (C=O) groups is 1. The average molecular weight is 225 g/mol.